The van der Waals surface area contributed by atoms with Gasteiger partial charge in [0, 0.05) is 6.42 Å². The number of nitrogen functional groups attached to an aromatic ring is 1. The fraction of sp³-hybridized carbons (Fsp3) is 0.273. The van der Waals surface area contributed by atoms with Gasteiger partial charge in [0.2, 0.25) is 5.89 Å². The molecule has 2 aromatic heterocycles. The standard InChI is InChI=1S/C11H14N6O2/c1-2-7-3-14-10(19-7)6-15-11(18)8-4-13-5-9(16-8)17-12/h3-5H,2,6,12H2,1H3,(H,15,18)(H,16,17). The molecule has 0 aliphatic carbocycles. The highest BCUT2D eigenvalue weighted by Gasteiger charge is 2.10. The molecule has 0 saturated carbocycles. The summed E-state index contributed by atoms with van der Waals surface area (Å²) in [6, 6.07) is 0. The molecule has 100 valence electrons. The Balaban J connectivity index is 1.96. The first-order valence-corrected chi connectivity index (χ1v) is 5.73. The Bertz CT molecular complexity index is 568. The highest BCUT2D eigenvalue weighted by Crippen LogP contribution is 2.04. The number of carbonyl (C=O) groups is 1. The minimum absolute atomic E-state index is 0.165. The van der Waals surface area contributed by atoms with E-state index in [-0.39, 0.29) is 18.1 Å². The SMILES string of the molecule is CCc1cnc(CNC(=O)c2cncc(NN)n2)o1. The van der Waals surface area contributed by atoms with E-state index < -0.39 is 0 Å². The Labute approximate surface area is 109 Å². The lowest BCUT2D eigenvalue weighted by molar-refractivity contribution is 0.0942. The Kier molecular flexibility index (Phi) is 4.04. The van der Waals surface area contributed by atoms with Crippen molar-refractivity contribution in [1.82, 2.24) is 20.3 Å². The van der Waals surface area contributed by atoms with Gasteiger partial charge in [-0.05, 0) is 0 Å². The number of nitrogens with one attached hydrogen (secondary N) is 2. The third-order valence-electron chi connectivity index (χ3n) is 2.37. The summed E-state index contributed by atoms with van der Waals surface area (Å²) in [5, 5.41) is 2.64. The highest BCUT2D eigenvalue weighted by molar-refractivity contribution is 5.92. The molecule has 8 nitrogen and oxygen atoms in total. The van der Waals surface area contributed by atoms with Crippen LogP contribution in [0.5, 0.6) is 0 Å². The van der Waals surface area contributed by atoms with Crippen LogP contribution < -0.4 is 16.6 Å². The molecule has 2 aromatic rings. The number of nitrogens with zero attached hydrogens (tertiary/aromatic N) is 3. The molecule has 8 heteroatoms. The number of oxazole rings is 1. The van der Waals surface area contributed by atoms with Gasteiger partial charge in [0.05, 0.1) is 25.1 Å². The fourth-order valence-electron chi connectivity index (χ4n) is 1.38. The van der Waals surface area contributed by atoms with Crippen LogP contribution in [-0.2, 0) is 13.0 Å². The number of anilines is 1. The highest BCUT2D eigenvalue weighted by atomic mass is 16.4. The lowest BCUT2D eigenvalue weighted by Crippen LogP contribution is -2.24. The zero-order valence-electron chi connectivity index (χ0n) is 10.4. The van der Waals surface area contributed by atoms with Gasteiger partial charge < -0.3 is 15.2 Å². The second-order valence-electron chi connectivity index (χ2n) is 3.69. The molecule has 4 N–H and O–H groups in total. The summed E-state index contributed by atoms with van der Waals surface area (Å²) in [5.74, 6) is 6.36. The van der Waals surface area contributed by atoms with Gasteiger partial charge in [-0.25, -0.2) is 15.8 Å². The second kappa shape index (κ2) is 5.91. The number of carbonyl (C=O) groups excluding carboxylic acids is 1. The largest absolute Gasteiger partial charge is 0.444 e. The molecule has 0 spiro atoms. The van der Waals surface area contributed by atoms with Crippen molar-refractivity contribution in [3.8, 4) is 0 Å². The van der Waals surface area contributed by atoms with E-state index in [1.807, 2.05) is 6.92 Å². The van der Waals surface area contributed by atoms with Crippen LogP contribution in [0.15, 0.2) is 23.0 Å². The van der Waals surface area contributed by atoms with Gasteiger partial charge in [0.15, 0.2) is 5.82 Å². The van der Waals surface area contributed by atoms with Crippen LogP contribution in [0.2, 0.25) is 0 Å². The number of hydrogen-bond acceptors (Lipinski definition) is 7. The molecule has 0 radical (unpaired) electrons. The maximum Gasteiger partial charge on any atom is 0.272 e. The van der Waals surface area contributed by atoms with E-state index in [9.17, 15) is 4.79 Å². The number of hydrogen-bond donors (Lipinski definition) is 3. The third kappa shape index (κ3) is 3.26. The first-order valence-electron chi connectivity index (χ1n) is 5.73. The van der Waals surface area contributed by atoms with Gasteiger partial charge in [-0.1, -0.05) is 6.92 Å². The summed E-state index contributed by atoms with van der Waals surface area (Å²) in [6.07, 6.45) is 5.17. The molecule has 0 aromatic carbocycles. The van der Waals surface area contributed by atoms with Crippen LogP contribution in [0.3, 0.4) is 0 Å². The molecular weight excluding hydrogens is 248 g/mol. The average molecular weight is 262 g/mol. The van der Waals surface area contributed by atoms with Crippen molar-refractivity contribution >= 4 is 11.7 Å². The molecule has 0 saturated heterocycles. The van der Waals surface area contributed by atoms with Gasteiger partial charge >= 0.3 is 0 Å². The minimum Gasteiger partial charge on any atom is -0.444 e. The number of aryl methyl sites for hydroxylation is 1. The van der Waals surface area contributed by atoms with Crippen molar-refractivity contribution in [1.29, 1.82) is 0 Å². The molecule has 2 rings (SSSR count). The van der Waals surface area contributed by atoms with Crippen LogP contribution >= 0.6 is 0 Å². The van der Waals surface area contributed by atoms with Crippen molar-refractivity contribution in [2.45, 2.75) is 19.9 Å². The molecular formula is C11H14N6O2. The first kappa shape index (κ1) is 13.0. The zero-order chi connectivity index (χ0) is 13.7. The van der Waals surface area contributed by atoms with Crippen molar-refractivity contribution in [2.75, 3.05) is 5.43 Å². The third-order valence-corrected chi connectivity index (χ3v) is 2.37. The average Bonchev–Trinajstić information content (AvgIpc) is 2.93. The summed E-state index contributed by atoms with van der Waals surface area (Å²) in [6.45, 7) is 2.16. The summed E-state index contributed by atoms with van der Waals surface area (Å²) in [7, 11) is 0. The molecule has 0 atom stereocenters. The maximum atomic E-state index is 11.8. The number of nitrogens with two attached hydrogens (primary N) is 1. The van der Waals surface area contributed by atoms with Crippen LogP contribution in [0.4, 0.5) is 5.82 Å². The Morgan fingerprint density at radius 2 is 2.26 bits per heavy atom. The maximum absolute atomic E-state index is 11.8. The van der Waals surface area contributed by atoms with Gasteiger partial charge in [-0.15, -0.1) is 0 Å². The van der Waals surface area contributed by atoms with Crippen LogP contribution in [-0.4, -0.2) is 20.9 Å². The van der Waals surface area contributed by atoms with Gasteiger partial charge in [-0.2, -0.15) is 0 Å². The molecule has 1 amide bonds. The summed E-state index contributed by atoms with van der Waals surface area (Å²) < 4.78 is 5.37. The van der Waals surface area contributed by atoms with E-state index in [1.54, 1.807) is 6.20 Å². The van der Waals surface area contributed by atoms with Crippen LogP contribution in [0.1, 0.15) is 29.1 Å². The van der Waals surface area contributed by atoms with E-state index in [1.165, 1.54) is 12.4 Å². The van der Waals surface area contributed by atoms with Gasteiger partial charge in [0.25, 0.3) is 5.91 Å². The number of hydrazine groups is 1. The van der Waals surface area contributed by atoms with E-state index in [0.717, 1.165) is 12.2 Å². The number of amides is 1. The summed E-state index contributed by atoms with van der Waals surface area (Å²) >= 11 is 0. The van der Waals surface area contributed by atoms with Crippen LogP contribution in [0.25, 0.3) is 0 Å². The van der Waals surface area contributed by atoms with Gasteiger partial charge in [-0.3, -0.25) is 9.78 Å². The molecule has 0 aliphatic rings. The molecule has 2 heterocycles. The Morgan fingerprint density at radius 3 is 2.95 bits per heavy atom. The van der Waals surface area contributed by atoms with Gasteiger partial charge in [0.1, 0.15) is 11.5 Å². The van der Waals surface area contributed by atoms with E-state index in [4.69, 9.17) is 10.3 Å². The summed E-state index contributed by atoms with van der Waals surface area (Å²) in [4.78, 5) is 23.7. The molecule has 0 fully saturated rings. The zero-order valence-corrected chi connectivity index (χ0v) is 10.4. The molecule has 0 bridgehead atoms. The van der Waals surface area contributed by atoms with Crippen molar-refractivity contribution < 1.29 is 9.21 Å². The normalized spacial score (nSPS) is 10.2. The van der Waals surface area contributed by atoms with Crippen molar-refractivity contribution in [3.05, 3.63) is 35.9 Å². The topological polar surface area (TPSA) is 119 Å². The Morgan fingerprint density at radius 1 is 1.42 bits per heavy atom. The van der Waals surface area contributed by atoms with Crippen molar-refractivity contribution in [2.24, 2.45) is 5.84 Å². The quantitative estimate of drug-likeness (QED) is 0.521. The number of aromatic nitrogens is 3. The fourth-order valence-corrected chi connectivity index (χ4v) is 1.38. The van der Waals surface area contributed by atoms with E-state index >= 15 is 0 Å². The van der Waals surface area contributed by atoms with E-state index in [2.05, 4.69) is 25.7 Å². The van der Waals surface area contributed by atoms with Crippen molar-refractivity contribution in [3.63, 3.8) is 0 Å². The second-order valence-corrected chi connectivity index (χ2v) is 3.69. The first-order chi connectivity index (χ1) is 9.22. The smallest absolute Gasteiger partial charge is 0.272 e. The minimum atomic E-state index is -0.374. The van der Waals surface area contributed by atoms with E-state index in [0.29, 0.717) is 11.7 Å². The Hall–Kier alpha value is -2.48. The monoisotopic (exact) mass is 262 g/mol. The summed E-state index contributed by atoms with van der Waals surface area (Å²) in [5.41, 5.74) is 2.49. The lowest BCUT2D eigenvalue weighted by Gasteiger charge is -2.03. The molecule has 0 unspecified atom stereocenters. The van der Waals surface area contributed by atoms with Crippen LogP contribution in [0, 0.1) is 0 Å². The lowest BCUT2D eigenvalue weighted by atomic mass is 10.4. The predicted octanol–water partition coefficient (Wildman–Crippen LogP) is 0.243. The number of rotatable bonds is 5. The molecule has 19 heavy (non-hydrogen) atoms. The molecule has 0 aliphatic heterocycles. The predicted molar refractivity (Wildman–Crippen MR) is 66.9 cm³/mol.